The number of nitrogens with one attached hydrogen (secondary N) is 1. The summed E-state index contributed by atoms with van der Waals surface area (Å²) in [6.07, 6.45) is 9.00. The maximum absolute atomic E-state index is 10.1. The Morgan fingerprint density at radius 2 is 1.78 bits per heavy atom. The van der Waals surface area contributed by atoms with E-state index >= 15 is 0 Å². The molecule has 0 spiro atoms. The number of allylic oxidation sites excluding steroid dienone is 1. The van der Waals surface area contributed by atoms with Crippen molar-refractivity contribution in [3.8, 4) is 0 Å². The Labute approximate surface area is 196 Å². The molecule has 0 saturated heterocycles. The average molecular weight is 456 g/mol. The van der Waals surface area contributed by atoms with Gasteiger partial charge in [0.15, 0.2) is 0 Å². The Kier molecular flexibility index (Phi) is 16.1. The number of hydrogen-bond donors (Lipinski definition) is 4. The van der Waals surface area contributed by atoms with Crippen molar-refractivity contribution in [3.63, 3.8) is 0 Å². The lowest BCUT2D eigenvalue weighted by Crippen LogP contribution is -2.36. The van der Waals surface area contributed by atoms with Gasteiger partial charge in [-0.15, -0.1) is 0 Å². The van der Waals surface area contributed by atoms with E-state index in [4.69, 9.17) is 20.7 Å². The number of carbonyl (C=O) groups excluding carboxylic acids is 1. The van der Waals surface area contributed by atoms with E-state index < -0.39 is 0 Å². The van der Waals surface area contributed by atoms with Gasteiger partial charge in [0.05, 0.1) is 18.8 Å². The van der Waals surface area contributed by atoms with Crippen molar-refractivity contribution in [2.45, 2.75) is 78.7 Å². The van der Waals surface area contributed by atoms with Gasteiger partial charge in [-0.05, 0) is 49.5 Å². The van der Waals surface area contributed by atoms with Crippen LogP contribution in [0.25, 0.3) is 0 Å². The van der Waals surface area contributed by atoms with Crippen LogP contribution in [0.3, 0.4) is 0 Å². The molecule has 0 aromatic rings. The number of unbranched alkanes of at least 4 members (excludes halogenated alkanes) is 2. The molecule has 1 rings (SSSR count). The normalized spacial score (nSPS) is 17.2. The van der Waals surface area contributed by atoms with E-state index in [1.807, 2.05) is 7.05 Å². The van der Waals surface area contributed by atoms with Crippen LogP contribution in [0.2, 0.25) is 0 Å². The van der Waals surface area contributed by atoms with Gasteiger partial charge in [-0.3, -0.25) is 0 Å². The molecule has 0 aromatic heterocycles. The summed E-state index contributed by atoms with van der Waals surface area (Å²) in [6.45, 7) is 10.9. The van der Waals surface area contributed by atoms with E-state index in [9.17, 15) is 4.79 Å². The molecule has 1 aliphatic carbocycles. The van der Waals surface area contributed by atoms with E-state index in [0.717, 1.165) is 68.6 Å². The van der Waals surface area contributed by atoms with E-state index in [0.29, 0.717) is 24.2 Å². The molecule has 0 fully saturated rings. The topological polar surface area (TPSA) is 108 Å². The fourth-order valence-electron chi connectivity index (χ4n) is 3.94. The van der Waals surface area contributed by atoms with Gasteiger partial charge in [0.25, 0.3) is 0 Å². The first-order chi connectivity index (χ1) is 15.1. The SMILES string of the molecule is CC(CC=O)CC(C)(C)C.CNC1=CC(N(CCCCO)CCCCO)=C(OC)CC1N. The van der Waals surface area contributed by atoms with Crippen molar-refractivity contribution in [1.82, 2.24) is 10.2 Å². The number of carbonyl (C=O) groups is 1. The zero-order chi connectivity index (χ0) is 24.6. The smallest absolute Gasteiger partial charge is 0.121 e. The summed E-state index contributed by atoms with van der Waals surface area (Å²) in [5.41, 5.74) is 8.56. The summed E-state index contributed by atoms with van der Waals surface area (Å²) >= 11 is 0. The highest BCUT2D eigenvalue weighted by molar-refractivity contribution is 5.49. The van der Waals surface area contributed by atoms with Gasteiger partial charge in [0, 0.05) is 51.9 Å². The van der Waals surface area contributed by atoms with Gasteiger partial charge in [0.2, 0.25) is 0 Å². The third-order valence-electron chi connectivity index (χ3n) is 5.39. The zero-order valence-corrected chi connectivity index (χ0v) is 21.3. The van der Waals surface area contributed by atoms with Crippen LogP contribution in [-0.4, -0.2) is 67.9 Å². The minimum Gasteiger partial charge on any atom is -0.499 e. The molecule has 2 atom stereocenters. The molecule has 0 aromatic carbocycles. The molecular formula is C25H49N3O4. The third kappa shape index (κ3) is 13.1. The van der Waals surface area contributed by atoms with Gasteiger partial charge in [0.1, 0.15) is 12.0 Å². The number of hydrogen-bond acceptors (Lipinski definition) is 7. The minimum absolute atomic E-state index is 0.0690. The number of aliphatic hydroxyl groups excluding tert-OH is 2. The Bertz CT molecular complexity index is 560. The summed E-state index contributed by atoms with van der Waals surface area (Å²) in [4.78, 5) is 12.4. The monoisotopic (exact) mass is 455 g/mol. The maximum Gasteiger partial charge on any atom is 0.121 e. The molecule has 5 N–H and O–H groups in total. The van der Waals surface area contributed by atoms with Gasteiger partial charge >= 0.3 is 0 Å². The summed E-state index contributed by atoms with van der Waals surface area (Å²) in [5.74, 6) is 1.44. The Morgan fingerprint density at radius 3 is 2.19 bits per heavy atom. The van der Waals surface area contributed by atoms with E-state index in [2.05, 4.69) is 44.0 Å². The molecule has 0 heterocycles. The van der Waals surface area contributed by atoms with Gasteiger partial charge in [-0.2, -0.15) is 0 Å². The zero-order valence-electron chi connectivity index (χ0n) is 21.3. The number of aldehydes is 1. The molecule has 0 saturated carbocycles. The first-order valence-electron chi connectivity index (χ1n) is 12.0. The van der Waals surface area contributed by atoms with Crippen LogP contribution in [0.5, 0.6) is 0 Å². The lowest BCUT2D eigenvalue weighted by Gasteiger charge is -2.32. The lowest BCUT2D eigenvalue weighted by molar-refractivity contribution is -0.108. The Balaban J connectivity index is 0.000000809. The second-order valence-corrected chi connectivity index (χ2v) is 9.79. The number of nitrogens with zero attached hydrogens (tertiary/aromatic N) is 1. The third-order valence-corrected chi connectivity index (χ3v) is 5.39. The number of nitrogens with two attached hydrogens (primary N) is 1. The highest BCUT2D eigenvalue weighted by atomic mass is 16.5. The predicted octanol–water partition coefficient (Wildman–Crippen LogP) is 3.17. The Morgan fingerprint density at radius 1 is 1.22 bits per heavy atom. The largest absolute Gasteiger partial charge is 0.499 e. The molecule has 188 valence electrons. The first kappa shape index (κ1) is 30.4. The van der Waals surface area contributed by atoms with Crippen LogP contribution in [0.4, 0.5) is 0 Å². The number of aliphatic hydroxyl groups is 2. The molecular weight excluding hydrogens is 406 g/mol. The minimum atomic E-state index is -0.0690. The highest BCUT2D eigenvalue weighted by Gasteiger charge is 2.23. The summed E-state index contributed by atoms with van der Waals surface area (Å²) in [7, 11) is 3.56. The summed E-state index contributed by atoms with van der Waals surface area (Å²) < 4.78 is 5.55. The van der Waals surface area contributed by atoms with Crippen LogP contribution in [0.1, 0.15) is 72.6 Å². The van der Waals surface area contributed by atoms with Crippen molar-refractivity contribution in [1.29, 1.82) is 0 Å². The summed E-state index contributed by atoms with van der Waals surface area (Å²) in [5, 5.41) is 21.1. The fourth-order valence-corrected chi connectivity index (χ4v) is 3.94. The van der Waals surface area contributed by atoms with Crippen molar-refractivity contribution < 1.29 is 19.7 Å². The van der Waals surface area contributed by atoms with Gasteiger partial charge in [-0.25, -0.2) is 0 Å². The second-order valence-electron chi connectivity index (χ2n) is 9.79. The summed E-state index contributed by atoms with van der Waals surface area (Å²) in [6, 6.07) is -0.0690. The van der Waals surface area contributed by atoms with Crippen LogP contribution in [0, 0.1) is 11.3 Å². The standard InChI is InChI=1S/C16H31N3O3.C9H18O/c1-18-14-12-15(16(22-2)11-13(14)17)19(7-3-5-9-20)8-4-6-10-21;1-8(5-6-10)7-9(2,3)4/h12-13,18,20-21H,3-11,17H2,1-2H3;6,8H,5,7H2,1-4H3. The Hall–Kier alpha value is -1.57. The van der Waals surface area contributed by atoms with Crippen molar-refractivity contribution >= 4 is 6.29 Å². The van der Waals surface area contributed by atoms with Crippen LogP contribution < -0.4 is 11.1 Å². The molecule has 7 heteroatoms. The molecule has 1 aliphatic rings. The average Bonchev–Trinajstić information content (AvgIpc) is 2.72. The van der Waals surface area contributed by atoms with Crippen LogP contribution >= 0.6 is 0 Å². The lowest BCUT2D eigenvalue weighted by atomic mass is 9.84. The molecule has 0 bridgehead atoms. The van der Waals surface area contributed by atoms with Crippen molar-refractivity contribution in [2.75, 3.05) is 40.5 Å². The highest BCUT2D eigenvalue weighted by Crippen LogP contribution is 2.26. The number of ether oxygens (including phenoxy) is 1. The number of likely N-dealkylation sites (N-methyl/N-ethyl adjacent to an activating group) is 1. The van der Waals surface area contributed by atoms with Crippen molar-refractivity contribution in [3.05, 3.63) is 23.2 Å². The second kappa shape index (κ2) is 17.0. The fraction of sp³-hybridized carbons (Fsp3) is 0.800. The molecule has 0 amide bonds. The van der Waals surface area contributed by atoms with E-state index in [-0.39, 0.29) is 19.3 Å². The first-order valence-corrected chi connectivity index (χ1v) is 12.0. The maximum atomic E-state index is 10.1. The van der Waals surface area contributed by atoms with Crippen LogP contribution in [-0.2, 0) is 9.53 Å². The van der Waals surface area contributed by atoms with Crippen molar-refractivity contribution in [2.24, 2.45) is 17.1 Å². The van der Waals surface area contributed by atoms with E-state index in [1.54, 1.807) is 7.11 Å². The van der Waals surface area contributed by atoms with E-state index in [1.165, 1.54) is 0 Å². The molecule has 0 aliphatic heterocycles. The number of rotatable bonds is 14. The predicted molar refractivity (Wildman–Crippen MR) is 132 cm³/mol. The van der Waals surface area contributed by atoms with Crippen LogP contribution in [0.15, 0.2) is 23.2 Å². The quantitative estimate of drug-likeness (QED) is 0.235. The van der Waals surface area contributed by atoms with Gasteiger partial charge in [-0.1, -0.05) is 27.7 Å². The molecule has 2 unspecified atom stereocenters. The molecule has 0 radical (unpaired) electrons. The molecule has 32 heavy (non-hydrogen) atoms. The number of methoxy groups -OCH3 is 1. The molecule has 7 nitrogen and oxygen atoms in total. The van der Waals surface area contributed by atoms with Gasteiger partial charge < -0.3 is 35.7 Å².